The number of carbonyl (C=O) groups is 1. The summed E-state index contributed by atoms with van der Waals surface area (Å²) in [6.45, 7) is 0. The van der Waals surface area contributed by atoms with Gasteiger partial charge >= 0.3 is 5.97 Å². The third kappa shape index (κ3) is 3.81. The van der Waals surface area contributed by atoms with E-state index in [0.717, 1.165) is 5.56 Å². The highest BCUT2D eigenvalue weighted by Crippen LogP contribution is 2.11. The molecule has 1 aromatic rings. The molecule has 0 amide bonds. The van der Waals surface area contributed by atoms with E-state index in [1.807, 2.05) is 6.07 Å². The van der Waals surface area contributed by atoms with Crippen LogP contribution < -0.4 is 5.73 Å². The Labute approximate surface area is 91.5 Å². The largest absolute Gasteiger partial charge is 0.480 e. The minimum atomic E-state index is -2.66. The molecule has 0 aliphatic rings. The number of hydrogen-bond acceptors (Lipinski definition) is 3. The van der Waals surface area contributed by atoms with Gasteiger partial charge < -0.3 is 10.8 Å². The molecule has 0 bridgehead atoms. The van der Waals surface area contributed by atoms with Crippen molar-refractivity contribution in [2.24, 2.45) is 5.73 Å². The van der Waals surface area contributed by atoms with Crippen molar-refractivity contribution in [3.63, 3.8) is 0 Å². The van der Waals surface area contributed by atoms with Gasteiger partial charge in [0.1, 0.15) is 6.02 Å². The number of rotatable bonds is 5. The van der Waals surface area contributed by atoms with Crippen molar-refractivity contribution in [1.29, 1.82) is 0 Å². The minimum absolute atomic E-state index is 0.263. The van der Waals surface area contributed by atoms with Gasteiger partial charge in [0.25, 0.3) is 0 Å². The number of aliphatic carboxylic acids is 1. The number of nitrogens with two attached hydrogens (primary N) is 1. The Hall–Kier alpha value is -1.00. The van der Waals surface area contributed by atoms with Gasteiger partial charge in [-0.15, -0.1) is 0 Å². The average molecular weight is 214 g/mol. The lowest BCUT2D eigenvalue weighted by Crippen LogP contribution is -2.32. The third-order valence-corrected chi connectivity index (χ3v) is 2.34. The first-order valence-electron chi connectivity index (χ1n) is 5.47. The van der Waals surface area contributed by atoms with Crippen molar-refractivity contribution in [2.75, 3.05) is 5.70 Å². The molecule has 76 valence electrons. The Morgan fingerprint density at radius 2 is 2.29 bits per heavy atom. The SMILES string of the molecule is [2H]C([2H])(SCc1ccccc1)C([2H])(N)C(=O)O. The van der Waals surface area contributed by atoms with E-state index in [0.29, 0.717) is 11.8 Å². The molecule has 0 radical (unpaired) electrons. The van der Waals surface area contributed by atoms with Crippen LogP contribution in [0, 0.1) is 0 Å². The van der Waals surface area contributed by atoms with Gasteiger partial charge in [-0.3, -0.25) is 4.79 Å². The fourth-order valence-electron chi connectivity index (χ4n) is 0.815. The predicted molar refractivity (Wildman–Crippen MR) is 58.2 cm³/mol. The zero-order valence-electron chi connectivity index (χ0n) is 10.4. The summed E-state index contributed by atoms with van der Waals surface area (Å²) in [5.41, 5.74) is 3.66. The minimum Gasteiger partial charge on any atom is -0.480 e. The van der Waals surface area contributed by atoms with Crippen molar-refractivity contribution in [1.82, 2.24) is 0 Å². The lowest BCUT2D eigenvalue weighted by atomic mass is 10.2. The van der Waals surface area contributed by atoms with Crippen LogP contribution in [0.4, 0.5) is 0 Å². The first-order valence-corrected chi connectivity index (χ1v) is 4.96. The van der Waals surface area contributed by atoms with Crippen LogP contribution in [0.25, 0.3) is 0 Å². The van der Waals surface area contributed by atoms with Gasteiger partial charge in [-0.05, 0) is 5.56 Å². The Bertz CT molecular complexity index is 398. The normalized spacial score (nSPS) is 18.8. The quantitative estimate of drug-likeness (QED) is 0.776. The standard InChI is InChI=1S/C10H13NO2S/c11-9(10(12)13)7-14-6-8-4-2-1-3-5-8/h1-5,9H,6-7,11H2,(H,12,13)/i7D2,9D. The van der Waals surface area contributed by atoms with Crippen molar-refractivity contribution in [2.45, 2.75) is 11.8 Å². The molecule has 3 N–H and O–H groups in total. The summed E-state index contributed by atoms with van der Waals surface area (Å²) in [7, 11) is 0. The summed E-state index contributed by atoms with van der Waals surface area (Å²) < 4.78 is 22.4. The lowest BCUT2D eigenvalue weighted by Gasteiger charge is -2.05. The second-order valence-electron chi connectivity index (χ2n) is 2.60. The van der Waals surface area contributed by atoms with Gasteiger partial charge in [-0.2, -0.15) is 11.8 Å². The predicted octanol–water partition coefficient (Wildman–Crippen LogP) is 1.33. The molecule has 0 heterocycles. The zero-order valence-corrected chi connectivity index (χ0v) is 8.25. The molecule has 4 heteroatoms. The molecule has 1 unspecified atom stereocenters. The average Bonchev–Trinajstić information content (AvgIpc) is 2.27. The number of carboxylic acid groups (broad SMARTS) is 1. The Kier molecular flexibility index (Phi) is 2.96. The number of thioether (sulfide) groups is 1. The molecule has 3 nitrogen and oxygen atoms in total. The van der Waals surface area contributed by atoms with E-state index in [-0.39, 0.29) is 5.75 Å². The van der Waals surface area contributed by atoms with Gasteiger partial charge in [-0.25, -0.2) is 0 Å². The molecular weight excluding hydrogens is 198 g/mol. The molecule has 0 aromatic heterocycles. The van der Waals surface area contributed by atoms with Gasteiger partial charge in [0, 0.05) is 14.2 Å². The van der Waals surface area contributed by atoms with Crippen LogP contribution >= 0.6 is 11.8 Å². The molecule has 1 aromatic carbocycles. The maximum Gasteiger partial charge on any atom is 0.321 e. The van der Waals surface area contributed by atoms with E-state index >= 15 is 0 Å². The fourth-order valence-corrected chi connectivity index (χ4v) is 1.49. The molecule has 0 spiro atoms. The molecular formula is C10H13NO2S. The summed E-state index contributed by atoms with van der Waals surface area (Å²) >= 11 is 0.707. The van der Waals surface area contributed by atoms with Crippen LogP contribution in [0.2, 0.25) is 0 Å². The van der Waals surface area contributed by atoms with E-state index in [1.54, 1.807) is 24.3 Å². The Morgan fingerprint density at radius 3 is 2.86 bits per heavy atom. The molecule has 0 aliphatic carbocycles. The molecule has 1 rings (SSSR count). The second-order valence-corrected chi connectivity index (χ2v) is 3.38. The van der Waals surface area contributed by atoms with Gasteiger partial charge in [0.05, 0.1) is 1.37 Å². The van der Waals surface area contributed by atoms with Crippen LogP contribution in [-0.4, -0.2) is 22.8 Å². The summed E-state index contributed by atoms with van der Waals surface area (Å²) in [5.74, 6) is -1.41. The zero-order chi connectivity index (χ0) is 13.1. The van der Waals surface area contributed by atoms with E-state index in [4.69, 9.17) is 15.0 Å². The highest BCUT2D eigenvalue weighted by Gasteiger charge is 2.10. The van der Waals surface area contributed by atoms with Crippen LogP contribution in [0.3, 0.4) is 0 Å². The number of carboxylic acids is 1. The maximum atomic E-state index is 10.7. The number of hydrogen-bond donors (Lipinski definition) is 2. The smallest absolute Gasteiger partial charge is 0.321 e. The van der Waals surface area contributed by atoms with Crippen molar-refractivity contribution < 1.29 is 14.0 Å². The summed E-state index contributed by atoms with van der Waals surface area (Å²) in [5, 5.41) is 8.71. The van der Waals surface area contributed by atoms with Crippen molar-refractivity contribution >= 4 is 17.7 Å². The van der Waals surface area contributed by atoms with Gasteiger partial charge in [-0.1, -0.05) is 30.3 Å². The highest BCUT2D eigenvalue weighted by atomic mass is 32.2. The Morgan fingerprint density at radius 1 is 1.64 bits per heavy atom. The first-order chi connectivity index (χ1) is 7.77. The third-order valence-electron chi connectivity index (χ3n) is 1.49. The maximum absolute atomic E-state index is 10.7. The second kappa shape index (κ2) is 5.67. The highest BCUT2D eigenvalue weighted by molar-refractivity contribution is 7.98. The van der Waals surface area contributed by atoms with E-state index in [9.17, 15) is 4.79 Å². The molecule has 14 heavy (non-hydrogen) atoms. The van der Waals surface area contributed by atoms with Crippen LogP contribution in [0.15, 0.2) is 30.3 Å². The number of benzene rings is 1. The molecule has 0 saturated carbocycles. The lowest BCUT2D eigenvalue weighted by molar-refractivity contribution is -0.137. The summed E-state index contributed by atoms with van der Waals surface area (Å²) in [4.78, 5) is 10.7. The van der Waals surface area contributed by atoms with Crippen LogP contribution in [0.5, 0.6) is 0 Å². The molecule has 1 atom stereocenters. The van der Waals surface area contributed by atoms with Crippen LogP contribution in [0.1, 0.15) is 9.68 Å². The van der Waals surface area contributed by atoms with Gasteiger partial charge in [0.2, 0.25) is 0 Å². The topological polar surface area (TPSA) is 63.3 Å². The van der Waals surface area contributed by atoms with E-state index < -0.39 is 17.7 Å². The molecule has 0 fully saturated rings. The Balaban J connectivity index is 2.71. The summed E-state index contributed by atoms with van der Waals surface area (Å²) in [6.07, 6.45) is 0. The van der Waals surface area contributed by atoms with E-state index in [2.05, 4.69) is 0 Å². The van der Waals surface area contributed by atoms with Crippen LogP contribution in [-0.2, 0) is 10.5 Å². The fraction of sp³-hybridized carbons (Fsp3) is 0.300. The first kappa shape index (κ1) is 7.31. The molecule has 0 aliphatic heterocycles. The summed E-state index contributed by atoms with van der Waals surface area (Å²) in [6, 6.07) is 6.38. The monoisotopic (exact) mass is 214 g/mol. The molecule has 0 saturated heterocycles. The van der Waals surface area contributed by atoms with Crippen molar-refractivity contribution in [3.8, 4) is 0 Å². The van der Waals surface area contributed by atoms with Gasteiger partial charge in [0.15, 0.2) is 0 Å². The van der Waals surface area contributed by atoms with E-state index in [1.165, 1.54) is 0 Å². The van der Waals surface area contributed by atoms with Crippen molar-refractivity contribution in [3.05, 3.63) is 35.9 Å².